The van der Waals surface area contributed by atoms with Crippen molar-refractivity contribution in [2.24, 2.45) is 5.73 Å². The van der Waals surface area contributed by atoms with Crippen molar-refractivity contribution in [3.05, 3.63) is 70.0 Å². The van der Waals surface area contributed by atoms with Gasteiger partial charge in [0.1, 0.15) is 0 Å². The van der Waals surface area contributed by atoms with E-state index in [2.05, 4.69) is 0 Å². The minimum atomic E-state index is -0.432. The summed E-state index contributed by atoms with van der Waals surface area (Å²) in [7, 11) is 0. The Morgan fingerprint density at radius 1 is 1.16 bits per heavy atom. The van der Waals surface area contributed by atoms with Gasteiger partial charge in [-0.15, -0.1) is 0 Å². The number of hydrogen-bond acceptors (Lipinski definition) is 4. The molecule has 0 bridgehead atoms. The highest BCUT2D eigenvalue weighted by Gasteiger charge is 2.28. The largest absolute Gasteiger partial charge is 0.366 e. The molecule has 1 aliphatic rings. The smallest absolute Gasteiger partial charge is 0.262 e. The van der Waals surface area contributed by atoms with E-state index in [1.165, 1.54) is 0 Å². The second-order valence-electron chi connectivity index (χ2n) is 6.17. The molecule has 0 aliphatic heterocycles. The minimum Gasteiger partial charge on any atom is -0.366 e. The van der Waals surface area contributed by atoms with Gasteiger partial charge < -0.3 is 5.73 Å². The van der Waals surface area contributed by atoms with Crippen LogP contribution in [-0.4, -0.2) is 15.5 Å². The van der Waals surface area contributed by atoms with Crippen molar-refractivity contribution in [1.82, 2.24) is 9.55 Å². The number of benzene rings is 2. The summed E-state index contributed by atoms with van der Waals surface area (Å²) in [4.78, 5) is 28.7. The molecule has 25 heavy (non-hydrogen) atoms. The van der Waals surface area contributed by atoms with Gasteiger partial charge in [-0.3, -0.25) is 14.2 Å². The molecular weight excluding hydrogens is 334 g/mol. The molecule has 1 aromatic heterocycles. The first-order chi connectivity index (χ1) is 12.1. The summed E-state index contributed by atoms with van der Waals surface area (Å²) in [6.45, 7) is 0. The van der Waals surface area contributed by atoms with Crippen LogP contribution >= 0.6 is 11.8 Å². The molecule has 2 N–H and O–H groups in total. The lowest BCUT2D eigenvalue weighted by atomic mass is 10.1. The number of aromatic nitrogens is 2. The molecular formula is C19H17N3O2S. The fourth-order valence-electron chi connectivity index (χ4n) is 2.80. The number of nitrogens with zero attached hydrogens (tertiary/aromatic N) is 2. The minimum absolute atomic E-state index is 0.0414. The lowest BCUT2D eigenvalue weighted by Crippen LogP contribution is -2.22. The van der Waals surface area contributed by atoms with Crippen molar-refractivity contribution in [2.45, 2.75) is 29.8 Å². The Morgan fingerprint density at radius 2 is 1.88 bits per heavy atom. The zero-order valence-corrected chi connectivity index (χ0v) is 14.3. The summed E-state index contributed by atoms with van der Waals surface area (Å²) < 4.78 is 1.84. The zero-order valence-electron chi connectivity index (χ0n) is 13.5. The lowest BCUT2D eigenvalue weighted by molar-refractivity contribution is 0.100. The van der Waals surface area contributed by atoms with Crippen LogP contribution in [0.25, 0.3) is 10.9 Å². The normalized spacial score (nSPS) is 13.9. The van der Waals surface area contributed by atoms with Gasteiger partial charge in [0.2, 0.25) is 5.91 Å². The van der Waals surface area contributed by atoms with Gasteiger partial charge >= 0.3 is 0 Å². The van der Waals surface area contributed by atoms with Crippen LogP contribution in [0.15, 0.2) is 58.5 Å². The average molecular weight is 351 g/mol. The number of hydrogen-bond donors (Lipinski definition) is 1. The van der Waals surface area contributed by atoms with Gasteiger partial charge in [0.05, 0.1) is 10.9 Å². The Bertz CT molecular complexity index is 1010. The summed E-state index contributed by atoms with van der Waals surface area (Å²) in [6, 6.07) is 15.0. The van der Waals surface area contributed by atoms with E-state index in [1.807, 2.05) is 41.0 Å². The number of nitrogens with two attached hydrogens (primary N) is 1. The van der Waals surface area contributed by atoms with E-state index in [0.717, 1.165) is 29.1 Å². The van der Waals surface area contributed by atoms with Gasteiger partial charge in [-0.05, 0) is 42.7 Å². The van der Waals surface area contributed by atoms with Gasteiger partial charge in [0, 0.05) is 17.4 Å². The molecule has 6 heteroatoms. The van der Waals surface area contributed by atoms with Crippen molar-refractivity contribution < 1.29 is 4.79 Å². The third kappa shape index (κ3) is 3.17. The van der Waals surface area contributed by atoms with Crippen LogP contribution in [-0.2, 0) is 5.75 Å². The predicted molar refractivity (Wildman–Crippen MR) is 98.8 cm³/mol. The van der Waals surface area contributed by atoms with Crippen molar-refractivity contribution in [2.75, 3.05) is 0 Å². The number of primary amides is 1. The van der Waals surface area contributed by atoms with E-state index in [4.69, 9.17) is 10.7 Å². The highest BCUT2D eigenvalue weighted by Crippen LogP contribution is 2.37. The molecule has 5 nitrogen and oxygen atoms in total. The fraction of sp³-hybridized carbons (Fsp3) is 0.211. The summed E-state index contributed by atoms with van der Waals surface area (Å²) in [5.74, 6) is 0.245. The van der Waals surface area contributed by atoms with E-state index >= 15 is 0 Å². The molecule has 126 valence electrons. The van der Waals surface area contributed by atoms with E-state index < -0.39 is 5.91 Å². The average Bonchev–Trinajstić information content (AvgIpc) is 3.45. The van der Waals surface area contributed by atoms with Crippen LogP contribution in [0.1, 0.15) is 34.8 Å². The van der Waals surface area contributed by atoms with Crippen molar-refractivity contribution >= 4 is 28.6 Å². The molecule has 3 aromatic rings. The topological polar surface area (TPSA) is 78.0 Å². The van der Waals surface area contributed by atoms with Crippen LogP contribution in [0, 0.1) is 0 Å². The number of carbonyl (C=O) groups excluding carboxylic acids is 1. The molecule has 1 saturated carbocycles. The van der Waals surface area contributed by atoms with Crippen LogP contribution in [0.5, 0.6) is 0 Å². The fourth-order valence-corrected chi connectivity index (χ4v) is 3.82. The van der Waals surface area contributed by atoms with Gasteiger partial charge in [-0.25, -0.2) is 4.98 Å². The Hall–Kier alpha value is -2.60. The Labute approximate surface area is 148 Å². The Balaban J connectivity index is 1.65. The SMILES string of the molecule is NC(=O)c1ccc(CSc2nc3ccccc3c(=O)n2C2CC2)cc1. The van der Waals surface area contributed by atoms with E-state index in [1.54, 1.807) is 23.9 Å². The molecule has 0 radical (unpaired) electrons. The van der Waals surface area contributed by atoms with Gasteiger partial charge in [0.15, 0.2) is 5.16 Å². The number of amides is 1. The van der Waals surface area contributed by atoms with E-state index in [9.17, 15) is 9.59 Å². The van der Waals surface area contributed by atoms with Crippen LogP contribution in [0.3, 0.4) is 0 Å². The zero-order chi connectivity index (χ0) is 17.4. The van der Waals surface area contributed by atoms with Gasteiger partial charge in [-0.2, -0.15) is 0 Å². The molecule has 0 unspecified atom stereocenters. The molecule has 1 amide bonds. The standard InChI is InChI=1S/C19H17N3O2S/c20-17(23)13-7-5-12(6-8-13)11-25-19-21-16-4-2-1-3-15(16)18(24)22(19)14-9-10-14/h1-8,14H,9-11H2,(H2,20,23). The van der Waals surface area contributed by atoms with Gasteiger partial charge in [0.25, 0.3) is 5.56 Å². The summed E-state index contributed by atoms with van der Waals surface area (Å²) in [6.07, 6.45) is 2.06. The first kappa shape index (κ1) is 15.9. The second kappa shape index (κ2) is 6.37. The van der Waals surface area contributed by atoms with Crippen molar-refractivity contribution in [1.29, 1.82) is 0 Å². The molecule has 1 heterocycles. The molecule has 1 fully saturated rings. The summed E-state index contributed by atoms with van der Waals surface area (Å²) in [5, 5.41) is 1.43. The number of para-hydroxylation sites is 1. The highest BCUT2D eigenvalue weighted by atomic mass is 32.2. The van der Waals surface area contributed by atoms with Crippen molar-refractivity contribution in [3.63, 3.8) is 0 Å². The molecule has 1 aliphatic carbocycles. The Kier molecular flexibility index (Phi) is 4.05. The van der Waals surface area contributed by atoms with Crippen LogP contribution in [0.4, 0.5) is 0 Å². The highest BCUT2D eigenvalue weighted by molar-refractivity contribution is 7.98. The monoisotopic (exact) mass is 351 g/mol. The second-order valence-corrected chi connectivity index (χ2v) is 7.11. The molecule has 2 aromatic carbocycles. The molecule has 0 saturated heterocycles. The number of carbonyl (C=O) groups is 1. The van der Waals surface area contributed by atoms with Crippen LogP contribution in [0.2, 0.25) is 0 Å². The molecule has 0 atom stereocenters. The summed E-state index contributed by atoms with van der Waals surface area (Å²) >= 11 is 1.55. The predicted octanol–water partition coefficient (Wildman–Crippen LogP) is 3.12. The maximum absolute atomic E-state index is 12.8. The quantitative estimate of drug-likeness (QED) is 0.566. The maximum Gasteiger partial charge on any atom is 0.262 e. The summed E-state index contributed by atoms with van der Waals surface area (Å²) in [5.41, 5.74) is 7.59. The lowest BCUT2D eigenvalue weighted by Gasteiger charge is -2.12. The van der Waals surface area contributed by atoms with E-state index in [-0.39, 0.29) is 11.6 Å². The Morgan fingerprint density at radius 3 is 2.56 bits per heavy atom. The van der Waals surface area contributed by atoms with Crippen LogP contribution < -0.4 is 11.3 Å². The number of rotatable bonds is 5. The first-order valence-corrected chi connectivity index (χ1v) is 9.15. The molecule has 4 rings (SSSR count). The van der Waals surface area contributed by atoms with E-state index in [0.29, 0.717) is 16.7 Å². The first-order valence-electron chi connectivity index (χ1n) is 8.16. The van der Waals surface area contributed by atoms with Gasteiger partial charge in [-0.1, -0.05) is 36.0 Å². The third-order valence-electron chi connectivity index (χ3n) is 4.29. The third-order valence-corrected chi connectivity index (χ3v) is 5.32. The number of thioether (sulfide) groups is 1. The number of fused-ring (bicyclic) bond motifs is 1. The molecule has 0 spiro atoms. The maximum atomic E-state index is 12.8. The van der Waals surface area contributed by atoms with Crippen molar-refractivity contribution in [3.8, 4) is 0 Å².